The predicted molar refractivity (Wildman–Crippen MR) is 76.6 cm³/mol. The van der Waals surface area contributed by atoms with Gasteiger partial charge in [0, 0.05) is 8.59 Å². The zero-order valence-corrected chi connectivity index (χ0v) is 11.4. The van der Waals surface area contributed by atoms with Crippen LogP contribution in [0, 0.1) is 3.57 Å². The number of nitrogens with two attached hydrogens (primary N) is 1. The SMILES string of the molecule is NC(c1ccc(Cl)cc1)c1cccc(I)c1. The Morgan fingerprint density at radius 1 is 1.00 bits per heavy atom. The molecule has 16 heavy (non-hydrogen) atoms. The molecule has 0 radical (unpaired) electrons. The number of rotatable bonds is 2. The van der Waals surface area contributed by atoms with Crippen LogP contribution in [0.1, 0.15) is 17.2 Å². The van der Waals surface area contributed by atoms with Gasteiger partial charge in [0.15, 0.2) is 0 Å². The predicted octanol–water partition coefficient (Wildman–Crippen LogP) is 3.99. The lowest BCUT2D eigenvalue weighted by atomic mass is 10.00. The lowest BCUT2D eigenvalue weighted by Gasteiger charge is -2.12. The van der Waals surface area contributed by atoms with Crippen molar-refractivity contribution >= 4 is 34.2 Å². The molecule has 0 aliphatic rings. The molecule has 3 heteroatoms. The summed E-state index contributed by atoms with van der Waals surface area (Å²) in [6.07, 6.45) is 0. The molecule has 1 atom stereocenters. The number of hydrogen-bond acceptors (Lipinski definition) is 1. The minimum absolute atomic E-state index is 0.0908. The van der Waals surface area contributed by atoms with E-state index in [1.165, 1.54) is 3.57 Å². The molecular weight excluding hydrogens is 333 g/mol. The minimum Gasteiger partial charge on any atom is -0.320 e. The van der Waals surface area contributed by atoms with Gasteiger partial charge in [0.25, 0.3) is 0 Å². The maximum atomic E-state index is 6.19. The van der Waals surface area contributed by atoms with Gasteiger partial charge in [-0.25, -0.2) is 0 Å². The van der Waals surface area contributed by atoms with Crippen molar-refractivity contribution in [2.75, 3.05) is 0 Å². The van der Waals surface area contributed by atoms with Crippen molar-refractivity contribution in [3.05, 3.63) is 68.3 Å². The topological polar surface area (TPSA) is 26.0 Å². The van der Waals surface area contributed by atoms with Crippen molar-refractivity contribution in [2.45, 2.75) is 6.04 Å². The van der Waals surface area contributed by atoms with E-state index in [2.05, 4.69) is 34.7 Å². The number of benzene rings is 2. The van der Waals surface area contributed by atoms with E-state index in [4.69, 9.17) is 17.3 Å². The Kier molecular flexibility index (Phi) is 3.84. The van der Waals surface area contributed by atoms with E-state index in [0.29, 0.717) is 0 Å². The van der Waals surface area contributed by atoms with Crippen molar-refractivity contribution in [2.24, 2.45) is 5.73 Å². The third-order valence-corrected chi connectivity index (χ3v) is 3.36. The summed E-state index contributed by atoms with van der Waals surface area (Å²) in [6, 6.07) is 15.8. The molecule has 0 bridgehead atoms. The summed E-state index contributed by atoms with van der Waals surface area (Å²) in [5, 5.41) is 0.735. The van der Waals surface area contributed by atoms with E-state index in [0.717, 1.165) is 16.1 Å². The fourth-order valence-corrected chi connectivity index (χ4v) is 2.26. The molecule has 0 saturated heterocycles. The van der Waals surface area contributed by atoms with Gasteiger partial charge in [-0.3, -0.25) is 0 Å². The molecule has 0 amide bonds. The van der Waals surface area contributed by atoms with Gasteiger partial charge in [-0.2, -0.15) is 0 Å². The van der Waals surface area contributed by atoms with Crippen molar-refractivity contribution < 1.29 is 0 Å². The Morgan fingerprint density at radius 3 is 2.31 bits per heavy atom. The molecule has 2 aromatic rings. The van der Waals surface area contributed by atoms with Gasteiger partial charge < -0.3 is 5.73 Å². The van der Waals surface area contributed by atoms with Crippen LogP contribution in [-0.2, 0) is 0 Å². The van der Waals surface area contributed by atoms with Crippen LogP contribution in [0.3, 0.4) is 0 Å². The monoisotopic (exact) mass is 343 g/mol. The molecule has 0 aliphatic carbocycles. The summed E-state index contributed by atoms with van der Waals surface area (Å²) < 4.78 is 1.19. The second-order valence-corrected chi connectivity index (χ2v) is 5.27. The van der Waals surface area contributed by atoms with Gasteiger partial charge >= 0.3 is 0 Å². The molecule has 1 unspecified atom stereocenters. The van der Waals surface area contributed by atoms with Gasteiger partial charge in [0.2, 0.25) is 0 Å². The summed E-state index contributed by atoms with van der Waals surface area (Å²) in [4.78, 5) is 0. The lowest BCUT2D eigenvalue weighted by molar-refractivity contribution is 0.870. The number of halogens is 2. The van der Waals surface area contributed by atoms with E-state index in [9.17, 15) is 0 Å². The Bertz CT molecular complexity index is 482. The van der Waals surface area contributed by atoms with Gasteiger partial charge in [0.1, 0.15) is 0 Å². The molecule has 2 rings (SSSR count). The average molecular weight is 344 g/mol. The van der Waals surface area contributed by atoms with Crippen LogP contribution in [0.15, 0.2) is 48.5 Å². The minimum atomic E-state index is -0.0908. The highest BCUT2D eigenvalue weighted by atomic mass is 127. The van der Waals surface area contributed by atoms with Crippen molar-refractivity contribution in [3.63, 3.8) is 0 Å². The summed E-state index contributed by atoms with van der Waals surface area (Å²) in [5.41, 5.74) is 8.38. The van der Waals surface area contributed by atoms with Crippen LogP contribution in [0.4, 0.5) is 0 Å². The first-order chi connectivity index (χ1) is 7.66. The second kappa shape index (κ2) is 5.17. The molecule has 0 spiro atoms. The standard InChI is InChI=1S/C13H11ClIN/c14-11-6-4-9(5-7-11)13(16)10-2-1-3-12(15)8-10/h1-8,13H,16H2. The van der Waals surface area contributed by atoms with E-state index in [1.807, 2.05) is 36.4 Å². The van der Waals surface area contributed by atoms with E-state index >= 15 is 0 Å². The van der Waals surface area contributed by atoms with Crippen LogP contribution in [0.5, 0.6) is 0 Å². The Balaban J connectivity index is 2.31. The maximum Gasteiger partial charge on any atom is 0.0552 e. The Labute approximate surface area is 114 Å². The van der Waals surface area contributed by atoms with Crippen LogP contribution in [0.2, 0.25) is 5.02 Å². The molecule has 0 heterocycles. The Morgan fingerprint density at radius 2 is 1.69 bits per heavy atom. The highest BCUT2D eigenvalue weighted by molar-refractivity contribution is 14.1. The largest absolute Gasteiger partial charge is 0.320 e. The maximum absolute atomic E-state index is 6.19. The van der Waals surface area contributed by atoms with E-state index < -0.39 is 0 Å². The van der Waals surface area contributed by atoms with Crippen LogP contribution < -0.4 is 5.73 Å². The van der Waals surface area contributed by atoms with Crippen LogP contribution >= 0.6 is 34.2 Å². The van der Waals surface area contributed by atoms with Gasteiger partial charge in [-0.05, 0) is 58.0 Å². The quantitative estimate of drug-likeness (QED) is 0.820. The van der Waals surface area contributed by atoms with Gasteiger partial charge in [0.05, 0.1) is 6.04 Å². The average Bonchev–Trinajstić information content (AvgIpc) is 2.29. The van der Waals surface area contributed by atoms with Gasteiger partial charge in [-0.1, -0.05) is 35.9 Å². The molecule has 0 fully saturated rings. The lowest BCUT2D eigenvalue weighted by Crippen LogP contribution is -2.11. The number of hydrogen-bond donors (Lipinski definition) is 1. The van der Waals surface area contributed by atoms with E-state index in [1.54, 1.807) is 0 Å². The summed E-state index contributed by atoms with van der Waals surface area (Å²) in [6.45, 7) is 0. The van der Waals surface area contributed by atoms with Crippen LogP contribution in [-0.4, -0.2) is 0 Å². The van der Waals surface area contributed by atoms with Crippen molar-refractivity contribution in [1.82, 2.24) is 0 Å². The first-order valence-corrected chi connectivity index (χ1v) is 6.39. The zero-order chi connectivity index (χ0) is 11.5. The molecule has 0 aliphatic heterocycles. The third kappa shape index (κ3) is 2.75. The highest BCUT2D eigenvalue weighted by Crippen LogP contribution is 2.22. The van der Waals surface area contributed by atoms with Crippen molar-refractivity contribution in [3.8, 4) is 0 Å². The fourth-order valence-electron chi connectivity index (χ4n) is 1.56. The summed E-state index contributed by atoms with van der Waals surface area (Å²) in [7, 11) is 0. The highest BCUT2D eigenvalue weighted by Gasteiger charge is 2.08. The third-order valence-electron chi connectivity index (χ3n) is 2.44. The second-order valence-electron chi connectivity index (χ2n) is 3.58. The summed E-state index contributed by atoms with van der Waals surface area (Å²) >= 11 is 8.13. The molecule has 1 nitrogen and oxygen atoms in total. The normalized spacial score (nSPS) is 12.4. The smallest absolute Gasteiger partial charge is 0.0552 e. The van der Waals surface area contributed by atoms with Crippen molar-refractivity contribution in [1.29, 1.82) is 0 Å². The Hall–Kier alpha value is -0.580. The molecular formula is C13H11ClIN. The molecule has 82 valence electrons. The first-order valence-electron chi connectivity index (χ1n) is 4.93. The molecule has 2 aromatic carbocycles. The zero-order valence-electron chi connectivity index (χ0n) is 8.53. The molecule has 0 aromatic heterocycles. The first kappa shape index (κ1) is 11.9. The van der Waals surface area contributed by atoms with Crippen LogP contribution in [0.25, 0.3) is 0 Å². The molecule has 0 saturated carbocycles. The fraction of sp³-hybridized carbons (Fsp3) is 0.0769. The summed E-state index contributed by atoms with van der Waals surface area (Å²) in [5.74, 6) is 0. The molecule has 2 N–H and O–H groups in total. The van der Waals surface area contributed by atoms with E-state index in [-0.39, 0.29) is 6.04 Å². The van der Waals surface area contributed by atoms with Gasteiger partial charge in [-0.15, -0.1) is 0 Å².